The highest BCUT2D eigenvalue weighted by atomic mass is 16.3. The van der Waals surface area contributed by atoms with Crippen LogP contribution in [0.15, 0.2) is 24.3 Å². The normalized spacial score (nSPS) is 16.1. The fourth-order valence-electron chi connectivity index (χ4n) is 2.29. The third-order valence-electron chi connectivity index (χ3n) is 3.80. The van der Waals surface area contributed by atoms with Gasteiger partial charge in [-0.3, -0.25) is 4.79 Å². The number of carbonyl (C=O) groups is 1. The first-order valence-electron chi connectivity index (χ1n) is 6.95. The Labute approximate surface area is 121 Å². The van der Waals surface area contributed by atoms with Crippen LogP contribution in [0.4, 0.5) is 0 Å². The van der Waals surface area contributed by atoms with Crippen LogP contribution in [-0.4, -0.2) is 28.7 Å². The zero-order valence-electron chi connectivity index (χ0n) is 12.6. The Kier molecular flexibility index (Phi) is 6.11. The molecular formula is C17H24O3. The molecule has 1 aromatic carbocycles. The third kappa shape index (κ3) is 4.02. The lowest BCUT2D eigenvalue weighted by molar-refractivity contribution is -0.123. The number of hydrogen-bond acceptors (Lipinski definition) is 3. The second-order valence-corrected chi connectivity index (χ2v) is 5.40. The van der Waals surface area contributed by atoms with Crippen molar-refractivity contribution < 1.29 is 15.0 Å². The Balaban J connectivity index is 3.11. The maximum atomic E-state index is 11.4. The minimum Gasteiger partial charge on any atom is -0.392 e. The van der Waals surface area contributed by atoms with Gasteiger partial charge in [-0.15, -0.1) is 0 Å². The molecule has 0 aliphatic heterocycles. The van der Waals surface area contributed by atoms with Crippen LogP contribution in [0.3, 0.4) is 0 Å². The molecule has 3 nitrogen and oxygen atoms in total. The van der Waals surface area contributed by atoms with Crippen molar-refractivity contribution in [1.82, 2.24) is 0 Å². The van der Waals surface area contributed by atoms with Crippen molar-refractivity contribution in [2.75, 3.05) is 6.61 Å². The first-order valence-corrected chi connectivity index (χ1v) is 6.95. The molecule has 1 aromatic rings. The highest BCUT2D eigenvalue weighted by Crippen LogP contribution is 2.28. The predicted octanol–water partition coefficient (Wildman–Crippen LogP) is 2.69. The number of hydrogen-bond donors (Lipinski definition) is 2. The minimum absolute atomic E-state index is 0.0103. The second-order valence-electron chi connectivity index (χ2n) is 5.40. The Hall–Kier alpha value is -1.45. The van der Waals surface area contributed by atoms with Crippen LogP contribution in [-0.2, 0) is 4.79 Å². The van der Waals surface area contributed by atoms with Gasteiger partial charge in [-0.05, 0) is 25.0 Å². The molecule has 2 N–H and O–H groups in total. The molecule has 3 heteroatoms. The molecule has 0 saturated heterocycles. The van der Waals surface area contributed by atoms with E-state index in [9.17, 15) is 9.90 Å². The lowest BCUT2D eigenvalue weighted by Crippen LogP contribution is -2.29. The number of rotatable bonds is 6. The Morgan fingerprint density at radius 2 is 2.00 bits per heavy atom. The molecule has 0 bridgehead atoms. The maximum absolute atomic E-state index is 11.4. The molecule has 0 aliphatic rings. The topological polar surface area (TPSA) is 57.5 Å². The maximum Gasteiger partial charge on any atom is 0.135 e. The van der Waals surface area contributed by atoms with Crippen molar-refractivity contribution in [3.05, 3.63) is 41.0 Å². The van der Waals surface area contributed by atoms with E-state index in [2.05, 4.69) is 0 Å². The molecule has 0 radical (unpaired) electrons. The monoisotopic (exact) mass is 276 g/mol. The van der Waals surface area contributed by atoms with Crippen LogP contribution >= 0.6 is 0 Å². The number of aryl methyl sites for hydroxylation is 1. The molecule has 20 heavy (non-hydrogen) atoms. The van der Waals surface area contributed by atoms with Gasteiger partial charge in [0.1, 0.15) is 5.78 Å². The Morgan fingerprint density at radius 3 is 2.55 bits per heavy atom. The number of aliphatic hydroxyl groups excluding tert-OH is 2. The Morgan fingerprint density at radius 1 is 1.35 bits per heavy atom. The molecule has 0 aromatic heterocycles. The SMILES string of the molecule is CC(=O)[C@H](C)[C@@H](O)[C@@H](C)c1ccc(C)cc1C=CCO. The van der Waals surface area contributed by atoms with Crippen molar-refractivity contribution in [3.63, 3.8) is 0 Å². The smallest absolute Gasteiger partial charge is 0.135 e. The number of carbonyl (C=O) groups excluding carboxylic acids is 1. The van der Waals surface area contributed by atoms with E-state index in [1.807, 2.05) is 38.1 Å². The summed E-state index contributed by atoms with van der Waals surface area (Å²) >= 11 is 0. The van der Waals surface area contributed by atoms with Gasteiger partial charge < -0.3 is 10.2 Å². The van der Waals surface area contributed by atoms with Gasteiger partial charge in [0.05, 0.1) is 12.7 Å². The van der Waals surface area contributed by atoms with Gasteiger partial charge in [-0.2, -0.15) is 0 Å². The molecule has 0 fully saturated rings. The van der Waals surface area contributed by atoms with E-state index < -0.39 is 6.10 Å². The van der Waals surface area contributed by atoms with E-state index in [-0.39, 0.29) is 24.2 Å². The van der Waals surface area contributed by atoms with Crippen LogP contribution in [0.5, 0.6) is 0 Å². The lowest BCUT2D eigenvalue weighted by atomic mass is 9.83. The fraction of sp³-hybridized carbons (Fsp3) is 0.471. The lowest BCUT2D eigenvalue weighted by Gasteiger charge is -2.25. The van der Waals surface area contributed by atoms with E-state index >= 15 is 0 Å². The number of Topliss-reactive ketones (excluding diaryl/α,β-unsaturated/α-hetero) is 1. The predicted molar refractivity (Wildman–Crippen MR) is 81.6 cm³/mol. The summed E-state index contributed by atoms with van der Waals surface area (Å²) in [6.07, 6.45) is 2.81. The van der Waals surface area contributed by atoms with Gasteiger partial charge in [-0.25, -0.2) is 0 Å². The zero-order valence-corrected chi connectivity index (χ0v) is 12.6. The second kappa shape index (κ2) is 7.36. The van der Waals surface area contributed by atoms with Gasteiger partial charge >= 0.3 is 0 Å². The summed E-state index contributed by atoms with van der Waals surface area (Å²) in [5, 5.41) is 19.3. The highest BCUT2D eigenvalue weighted by molar-refractivity contribution is 5.78. The summed E-state index contributed by atoms with van der Waals surface area (Å²) in [5.74, 6) is -0.544. The summed E-state index contributed by atoms with van der Waals surface area (Å²) in [7, 11) is 0. The molecule has 0 amide bonds. The molecular weight excluding hydrogens is 252 g/mol. The highest BCUT2D eigenvalue weighted by Gasteiger charge is 2.26. The Bertz CT molecular complexity index is 491. The average molecular weight is 276 g/mol. The largest absolute Gasteiger partial charge is 0.392 e. The van der Waals surface area contributed by atoms with Crippen molar-refractivity contribution >= 4 is 11.9 Å². The summed E-state index contributed by atoms with van der Waals surface area (Å²) in [5.41, 5.74) is 3.08. The molecule has 3 atom stereocenters. The molecule has 0 heterocycles. The first kappa shape index (κ1) is 16.6. The molecule has 110 valence electrons. The van der Waals surface area contributed by atoms with E-state index in [0.29, 0.717) is 0 Å². The van der Waals surface area contributed by atoms with Crippen LogP contribution in [0.2, 0.25) is 0 Å². The quantitative estimate of drug-likeness (QED) is 0.840. The van der Waals surface area contributed by atoms with Crippen LogP contribution in [0.1, 0.15) is 43.4 Å². The number of benzene rings is 1. The number of aliphatic hydroxyl groups is 2. The van der Waals surface area contributed by atoms with E-state index in [1.165, 1.54) is 6.92 Å². The van der Waals surface area contributed by atoms with E-state index in [4.69, 9.17) is 5.11 Å². The summed E-state index contributed by atoms with van der Waals surface area (Å²) in [4.78, 5) is 11.4. The molecule has 0 spiro atoms. The molecule has 0 saturated carbocycles. The fourth-order valence-corrected chi connectivity index (χ4v) is 2.29. The molecule has 1 rings (SSSR count). The van der Waals surface area contributed by atoms with E-state index in [0.717, 1.165) is 16.7 Å². The molecule has 0 unspecified atom stereocenters. The summed E-state index contributed by atoms with van der Waals surface area (Å²) < 4.78 is 0. The van der Waals surface area contributed by atoms with Crippen LogP contribution in [0.25, 0.3) is 6.08 Å². The van der Waals surface area contributed by atoms with Gasteiger partial charge in [0, 0.05) is 11.8 Å². The molecule has 0 aliphatic carbocycles. The van der Waals surface area contributed by atoms with Crippen LogP contribution in [0, 0.1) is 12.8 Å². The van der Waals surface area contributed by atoms with Crippen LogP contribution < -0.4 is 0 Å². The summed E-state index contributed by atoms with van der Waals surface area (Å²) in [6, 6.07) is 5.99. The van der Waals surface area contributed by atoms with Crippen molar-refractivity contribution in [1.29, 1.82) is 0 Å². The minimum atomic E-state index is -0.712. The average Bonchev–Trinajstić information content (AvgIpc) is 2.42. The third-order valence-corrected chi connectivity index (χ3v) is 3.80. The van der Waals surface area contributed by atoms with Crippen molar-refractivity contribution in [2.24, 2.45) is 5.92 Å². The standard InChI is InChI=1S/C17H24O3/c1-11-7-8-16(15(10-11)6-5-9-18)13(3)17(20)12(2)14(4)19/h5-8,10,12-13,17-18,20H,9H2,1-4H3/t12-,13-,17+/m0/s1. The van der Waals surface area contributed by atoms with E-state index in [1.54, 1.807) is 13.0 Å². The van der Waals surface area contributed by atoms with Gasteiger partial charge in [-0.1, -0.05) is 49.8 Å². The zero-order chi connectivity index (χ0) is 15.3. The van der Waals surface area contributed by atoms with Gasteiger partial charge in [0.25, 0.3) is 0 Å². The van der Waals surface area contributed by atoms with Crippen molar-refractivity contribution in [3.8, 4) is 0 Å². The van der Waals surface area contributed by atoms with Crippen molar-refractivity contribution in [2.45, 2.75) is 39.7 Å². The number of ketones is 1. The van der Waals surface area contributed by atoms with Gasteiger partial charge in [0.2, 0.25) is 0 Å². The first-order chi connectivity index (χ1) is 9.38. The summed E-state index contributed by atoms with van der Waals surface area (Å²) in [6.45, 7) is 7.15. The van der Waals surface area contributed by atoms with Gasteiger partial charge in [0.15, 0.2) is 0 Å².